The lowest BCUT2D eigenvalue weighted by atomic mass is 10.3. The van der Waals surface area contributed by atoms with Gasteiger partial charge in [0.15, 0.2) is 0 Å². The molecule has 15 heavy (non-hydrogen) atoms. The van der Waals surface area contributed by atoms with Crippen LogP contribution in [0.15, 0.2) is 0 Å². The normalized spacial score (nSPS) is 11.5. The third-order valence-corrected chi connectivity index (χ3v) is 1.91. The summed E-state index contributed by atoms with van der Waals surface area (Å²) in [6.45, 7) is 10.5. The maximum atomic E-state index is 11.4. The molecular formula is C11H25N3O. The summed E-state index contributed by atoms with van der Waals surface area (Å²) in [5, 5.41) is 6.19. The van der Waals surface area contributed by atoms with E-state index in [0.717, 1.165) is 13.1 Å². The SMILES string of the molecule is CC(C)NCCN(C)CC(=O)NC(C)C. The highest BCUT2D eigenvalue weighted by atomic mass is 16.2. The summed E-state index contributed by atoms with van der Waals surface area (Å²) >= 11 is 0. The van der Waals surface area contributed by atoms with E-state index in [1.165, 1.54) is 0 Å². The molecule has 0 aliphatic carbocycles. The number of nitrogens with one attached hydrogen (secondary N) is 2. The quantitative estimate of drug-likeness (QED) is 0.648. The van der Waals surface area contributed by atoms with Crippen molar-refractivity contribution in [1.29, 1.82) is 0 Å². The second-order valence-electron chi connectivity index (χ2n) is 4.57. The van der Waals surface area contributed by atoms with Gasteiger partial charge in [-0.25, -0.2) is 0 Å². The predicted molar refractivity (Wildman–Crippen MR) is 63.9 cm³/mol. The Hall–Kier alpha value is -0.610. The van der Waals surface area contributed by atoms with Gasteiger partial charge in [0, 0.05) is 25.2 Å². The van der Waals surface area contributed by atoms with Gasteiger partial charge in [0.1, 0.15) is 0 Å². The smallest absolute Gasteiger partial charge is 0.234 e. The fourth-order valence-electron chi connectivity index (χ4n) is 1.24. The van der Waals surface area contributed by atoms with E-state index in [0.29, 0.717) is 12.6 Å². The number of carbonyl (C=O) groups excluding carboxylic acids is 1. The van der Waals surface area contributed by atoms with Crippen molar-refractivity contribution in [2.45, 2.75) is 39.8 Å². The number of hydrogen-bond donors (Lipinski definition) is 2. The van der Waals surface area contributed by atoms with E-state index in [9.17, 15) is 4.79 Å². The van der Waals surface area contributed by atoms with E-state index in [-0.39, 0.29) is 11.9 Å². The molecule has 0 aromatic rings. The van der Waals surface area contributed by atoms with Crippen molar-refractivity contribution in [3.8, 4) is 0 Å². The van der Waals surface area contributed by atoms with Crippen LogP contribution in [-0.4, -0.2) is 49.6 Å². The van der Waals surface area contributed by atoms with Crippen molar-refractivity contribution in [2.75, 3.05) is 26.7 Å². The van der Waals surface area contributed by atoms with Crippen LogP contribution in [0.25, 0.3) is 0 Å². The molecule has 4 heteroatoms. The molecule has 0 fully saturated rings. The zero-order valence-electron chi connectivity index (χ0n) is 10.6. The van der Waals surface area contributed by atoms with Gasteiger partial charge in [0.05, 0.1) is 6.54 Å². The van der Waals surface area contributed by atoms with Crippen LogP contribution in [0, 0.1) is 0 Å². The van der Waals surface area contributed by atoms with Crippen LogP contribution >= 0.6 is 0 Å². The van der Waals surface area contributed by atoms with Crippen molar-refractivity contribution in [3.05, 3.63) is 0 Å². The van der Waals surface area contributed by atoms with Crippen molar-refractivity contribution in [2.24, 2.45) is 0 Å². The van der Waals surface area contributed by atoms with Gasteiger partial charge in [0.25, 0.3) is 0 Å². The monoisotopic (exact) mass is 215 g/mol. The van der Waals surface area contributed by atoms with Gasteiger partial charge in [-0.2, -0.15) is 0 Å². The zero-order valence-corrected chi connectivity index (χ0v) is 10.6. The number of rotatable bonds is 7. The molecule has 0 atom stereocenters. The number of likely N-dealkylation sites (N-methyl/N-ethyl adjacent to an activating group) is 1. The third-order valence-electron chi connectivity index (χ3n) is 1.91. The van der Waals surface area contributed by atoms with Crippen LogP contribution in [-0.2, 0) is 4.79 Å². The van der Waals surface area contributed by atoms with Gasteiger partial charge < -0.3 is 10.6 Å². The molecule has 4 nitrogen and oxygen atoms in total. The molecule has 0 rings (SSSR count). The van der Waals surface area contributed by atoms with Gasteiger partial charge in [-0.05, 0) is 20.9 Å². The van der Waals surface area contributed by atoms with Gasteiger partial charge in [0.2, 0.25) is 5.91 Å². The minimum absolute atomic E-state index is 0.0945. The van der Waals surface area contributed by atoms with Crippen LogP contribution < -0.4 is 10.6 Å². The summed E-state index contributed by atoms with van der Waals surface area (Å²) in [7, 11) is 1.96. The fourth-order valence-corrected chi connectivity index (χ4v) is 1.24. The van der Waals surface area contributed by atoms with Gasteiger partial charge in [-0.1, -0.05) is 13.8 Å². The van der Waals surface area contributed by atoms with Crippen molar-refractivity contribution in [1.82, 2.24) is 15.5 Å². The van der Waals surface area contributed by atoms with Gasteiger partial charge in [-0.15, -0.1) is 0 Å². The maximum absolute atomic E-state index is 11.4. The van der Waals surface area contributed by atoms with Crippen LogP contribution in [0.4, 0.5) is 0 Å². The molecule has 1 amide bonds. The molecule has 90 valence electrons. The number of carbonyl (C=O) groups is 1. The average molecular weight is 215 g/mol. The average Bonchev–Trinajstić information content (AvgIpc) is 2.00. The highest BCUT2D eigenvalue weighted by Crippen LogP contribution is 1.84. The number of nitrogens with zero attached hydrogens (tertiary/aromatic N) is 1. The summed E-state index contributed by atoms with van der Waals surface area (Å²) in [4.78, 5) is 13.4. The van der Waals surface area contributed by atoms with Crippen molar-refractivity contribution >= 4 is 5.91 Å². The molecule has 0 heterocycles. The molecule has 0 aromatic heterocycles. The van der Waals surface area contributed by atoms with E-state index in [1.54, 1.807) is 0 Å². The molecule has 2 N–H and O–H groups in total. The van der Waals surface area contributed by atoms with E-state index in [1.807, 2.05) is 25.8 Å². The highest BCUT2D eigenvalue weighted by Gasteiger charge is 2.06. The molecule has 0 aliphatic heterocycles. The molecular weight excluding hydrogens is 190 g/mol. The third kappa shape index (κ3) is 9.69. The van der Waals surface area contributed by atoms with Crippen LogP contribution in [0.2, 0.25) is 0 Å². The predicted octanol–water partition coefficient (Wildman–Crippen LogP) is 0.441. The first kappa shape index (κ1) is 14.4. The van der Waals surface area contributed by atoms with E-state index < -0.39 is 0 Å². The zero-order chi connectivity index (χ0) is 11.8. The Labute approximate surface area is 93.4 Å². The Morgan fingerprint density at radius 3 is 2.27 bits per heavy atom. The Kier molecular flexibility index (Phi) is 7.34. The first-order valence-corrected chi connectivity index (χ1v) is 5.63. The summed E-state index contributed by atoms with van der Waals surface area (Å²) < 4.78 is 0. The first-order valence-electron chi connectivity index (χ1n) is 5.63. The van der Waals surface area contributed by atoms with Crippen LogP contribution in [0.3, 0.4) is 0 Å². The van der Waals surface area contributed by atoms with Gasteiger partial charge >= 0.3 is 0 Å². The Morgan fingerprint density at radius 2 is 1.80 bits per heavy atom. The van der Waals surface area contributed by atoms with E-state index >= 15 is 0 Å². The lowest BCUT2D eigenvalue weighted by Gasteiger charge is -2.18. The lowest BCUT2D eigenvalue weighted by Crippen LogP contribution is -2.41. The molecule has 0 aliphatic rings. The Bertz CT molecular complexity index is 181. The highest BCUT2D eigenvalue weighted by molar-refractivity contribution is 5.78. The minimum atomic E-state index is 0.0945. The number of amides is 1. The van der Waals surface area contributed by atoms with E-state index in [4.69, 9.17) is 0 Å². The topological polar surface area (TPSA) is 44.4 Å². The molecule has 0 radical (unpaired) electrons. The molecule has 0 saturated heterocycles. The molecule has 0 aromatic carbocycles. The number of hydrogen-bond acceptors (Lipinski definition) is 3. The van der Waals surface area contributed by atoms with Crippen LogP contribution in [0.1, 0.15) is 27.7 Å². The molecule has 0 unspecified atom stereocenters. The fraction of sp³-hybridized carbons (Fsp3) is 0.909. The van der Waals surface area contributed by atoms with Crippen molar-refractivity contribution < 1.29 is 4.79 Å². The first-order chi connectivity index (χ1) is 6.91. The summed E-state index contributed by atoms with van der Waals surface area (Å²) in [6.07, 6.45) is 0. The van der Waals surface area contributed by atoms with Crippen molar-refractivity contribution in [3.63, 3.8) is 0 Å². The summed E-state index contributed by atoms with van der Waals surface area (Å²) in [5.74, 6) is 0.0945. The van der Waals surface area contributed by atoms with Gasteiger partial charge in [-0.3, -0.25) is 9.69 Å². The summed E-state index contributed by atoms with van der Waals surface area (Å²) in [5.41, 5.74) is 0. The van der Waals surface area contributed by atoms with E-state index in [2.05, 4.69) is 24.5 Å². The maximum Gasteiger partial charge on any atom is 0.234 e. The summed E-state index contributed by atoms with van der Waals surface area (Å²) in [6, 6.07) is 0.725. The second-order valence-corrected chi connectivity index (χ2v) is 4.57. The van der Waals surface area contributed by atoms with Crippen LogP contribution in [0.5, 0.6) is 0 Å². The molecule has 0 spiro atoms. The Balaban J connectivity index is 3.55. The largest absolute Gasteiger partial charge is 0.353 e. The minimum Gasteiger partial charge on any atom is -0.353 e. The standard InChI is InChI=1S/C11H25N3O/c1-9(2)12-6-7-14(5)8-11(15)13-10(3)4/h9-10,12H,6-8H2,1-5H3,(H,13,15). The Morgan fingerprint density at radius 1 is 1.20 bits per heavy atom. The molecule has 0 bridgehead atoms. The second kappa shape index (κ2) is 7.65. The lowest BCUT2D eigenvalue weighted by molar-refractivity contribution is -0.122. The molecule has 0 saturated carbocycles.